The fourth-order valence-electron chi connectivity index (χ4n) is 3.16. The molecule has 0 unspecified atom stereocenters. The van der Waals surface area contributed by atoms with Crippen LogP contribution in [-0.4, -0.2) is 26.0 Å². The van der Waals surface area contributed by atoms with E-state index in [0.29, 0.717) is 10.7 Å². The van der Waals surface area contributed by atoms with E-state index in [1.807, 2.05) is 93.6 Å². The normalized spacial score (nSPS) is 12.0. The van der Waals surface area contributed by atoms with Crippen molar-refractivity contribution in [1.29, 1.82) is 0 Å². The topological polar surface area (TPSA) is 60.7 Å². The molecule has 0 N–H and O–H groups in total. The quantitative estimate of drug-likeness (QED) is 0.316. The van der Waals surface area contributed by atoms with E-state index in [4.69, 9.17) is 0 Å². The SMILES string of the molecule is Cc1ccc(C(=O)[C@@H](Sc2nnnn2-c2cccc(C)c2)c2ccc(C)cc2)cc1. The number of ketones is 1. The monoisotopic (exact) mass is 414 g/mol. The van der Waals surface area contributed by atoms with Gasteiger partial charge in [-0.05, 0) is 54.5 Å². The standard InChI is InChI=1S/C24H22N4OS/c1-16-7-11-19(12-8-16)22(29)23(20-13-9-17(2)10-14-20)30-24-25-26-27-28(24)21-6-4-5-18(3)15-21/h4-15,23H,1-3H3/t23-/m0/s1. The molecule has 4 aromatic rings. The number of thioether (sulfide) groups is 1. The molecule has 0 amide bonds. The average molecular weight is 415 g/mol. The lowest BCUT2D eigenvalue weighted by Crippen LogP contribution is -2.11. The third-order valence-electron chi connectivity index (χ3n) is 4.86. The number of aromatic nitrogens is 4. The molecule has 30 heavy (non-hydrogen) atoms. The molecular formula is C24H22N4OS. The molecule has 0 radical (unpaired) electrons. The first-order valence-corrected chi connectivity index (χ1v) is 10.6. The van der Waals surface area contributed by atoms with Gasteiger partial charge in [0.1, 0.15) is 5.25 Å². The summed E-state index contributed by atoms with van der Waals surface area (Å²) in [6.45, 7) is 6.07. The zero-order valence-electron chi connectivity index (χ0n) is 17.1. The van der Waals surface area contributed by atoms with E-state index in [2.05, 4.69) is 15.5 Å². The van der Waals surface area contributed by atoms with Crippen LogP contribution in [0.3, 0.4) is 0 Å². The number of Topliss-reactive ketones (excluding diaryl/α,β-unsaturated/α-hetero) is 1. The van der Waals surface area contributed by atoms with Crippen LogP contribution >= 0.6 is 11.8 Å². The number of nitrogens with zero attached hydrogens (tertiary/aromatic N) is 4. The Labute approximate surface area is 180 Å². The van der Waals surface area contributed by atoms with Crippen molar-refractivity contribution in [2.24, 2.45) is 0 Å². The van der Waals surface area contributed by atoms with Crippen molar-refractivity contribution in [2.75, 3.05) is 0 Å². The van der Waals surface area contributed by atoms with Crippen molar-refractivity contribution in [3.8, 4) is 5.69 Å². The second-order valence-electron chi connectivity index (χ2n) is 7.35. The summed E-state index contributed by atoms with van der Waals surface area (Å²) in [7, 11) is 0. The van der Waals surface area contributed by atoms with Crippen LogP contribution in [0.2, 0.25) is 0 Å². The molecule has 5 nitrogen and oxygen atoms in total. The molecule has 150 valence electrons. The van der Waals surface area contributed by atoms with Gasteiger partial charge in [0.15, 0.2) is 5.78 Å². The summed E-state index contributed by atoms with van der Waals surface area (Å²) in [5.74, 6) is 0.0302. The molecule has 0 aliphatic carbocycles. The predicted molar refractivity (Wildman–Crippen MR) is 119 cm³/mol. The number of aryl methyl sites for hydroxylation is 3. The minimum absolute atomic E-state index is 0.0302. The number of hydrogen-bond donors (Lipinski definition) is 0. The second kappa shape index (κ2) is 8.63. The molecule has 0 saturated heterocycles. The van der Waals surface area contributed by atoms with E-state index >= 15 is 0 Å². The zero-order valence-corrected chi connectivity index (χ0v) is 17.9. The summed E-state index contributed by atoms with van der Waals surface area (Å²) in [5.41, 5.74) is 5.85. The highest BCUT2D eigenvalue weighted by molar-refractivity contribution is 8.00. The summed E-state index contributed by atoms with van der Waals surface area (Å²) in [5, 5.41) is 12.3. The summed E-state index contributed by atoms with van der Waals surface area (Å²) in [4.78, 5) is 13.5. The number of hydrogen-bond acceptors (Lipinski definition) is 5. The minimum Gasteiger partial charge on any atom is -0.293 e. The maximum Gasteiger partial charge on any atom is 0.215 e. The van der Waals surface area contributed by atoms with E-state index < -0.39 is 5.25 Å². The van der Waals surface area contributed by atoms with E-state index in [1.54, 1.807) is 4.68 Å². The molecule has 0 aliphatic rings. The largest absolute Gasteiger partial charge is 0.293 e. The Bertz CT molecular complexity index is 1170. The predicted octanol–water partition coefficient (Wildman–Crippen LogP) is 5.30. The summed E-state index contributed by atoms with van der Waals surface area (Å²) < 4.78 is 1.68. The number of tetrazole rings is 1. The Balaban J connectivity index is 1.72. The Morgan fingerprint density at radius 3 is 2.20 bits per heavy atom. The molecule has 6 heteroatoms. The number of carbonyl (C=O) groups excluding carboxylic acids is 1. The van der Waals surface area contributed by atoms with Gasteiger partial charge in [0.05, 0.1) is 5.69 Å². The van der Waals surface area contributed by atoms with Crippen molar-refractivity contribution in [3.63, 3.8) is 0 Å². The molecule has 0 saturated carbocycles. The minimum atomic E-state index is -0.456. The molecule has 0 aliphatic heterocycles. The van der Waals surface area contributed by atoms with Crippen LogP contribution in [-0.2, 0) is 0 Å². The average Bonchev–Trinajstić information content (AvgIpc) is 3.21. The van der Waals surface area contributed by atoms with Gasteiger partial charge in [-0.2, -0.15) is 4.68 Å². The van der Waals surface area contributed by atoms with Gasteiger partial charge in [-0.15, -0.1) is 5.10 Å². The molecule has 0 bridgehead atoms. The van der Waals surface area contributed by atoms with Crippen LogP contribution in [0.5, 0.6) is 0 Å². The van der Waals surface area contributed by atoms with Crippen LogP contribution in [0.15, 0.2) is 78.0 Å². The molecule has 1 atom stereocenters. The second-order valence-corrected chi connectivity index (χ2v) is 8.42. The highest BCUT2D eigenvalue weighted by atomic mass is 32.2. The van der Waals surface area contributed by atoms with Crippen molar-refractivity contribution in [3.05, 3.63) is 101 Å². The number of benzene rings is 3. The third-order valence-corrected chi connectivity index (χ3v) is 6.05. The van der Waals surface area contributed by atoms with Crippen LogP contribution < -0.4 is 0 Å². The van der Waals surface area contributed by atoms with Gasteiger partial charge in [-0.25, -0.2) is 0 Å². The maximum atomic E-state index is 13.5. The van der Waals surface area contributed by atoms with Gasteiger partial charge in [-0.3, -0.25) is 4.79 Å². The van der Waals surface area contributed by atoms with Gasteiger partial charge in [0.2, 0.25) is 5.16 Å². The Kier molecular flexibility index (Phi) is 5.77. The molecule has 4 rings (SSSR count). The first-order chi connectivity index (χ1) is 14.5. The summed E-state index contributed by atoms with van der Waals surface area (Å²) in [6, 6.07) is 23.7. The van der Waals surface area contributed by atoms with Crippen molar-refractivity contribution in [2.45, 2.75) is 31.2 Å². The number of carbonyl (C=O) groups is 1. The Morgan fingerprint density at radius 2 is 1.53 bits per heavy atom. The van der Waals surface area contributed by atoms with Gasteiger partial charge in [-0.1, -0.05) is 83.6 Å². The van der Waals surface area contributed by atoms with Crippen LogP contribution in [0, 0.1) is 20.8 Å². The fraction of sp³-hybridized carbons (Fsp3) is 0.167. The molecule has 0 fully saturated rings. The van der Waals surface area contributed by atoms with Gasteiger partial charge < -0.3 is 0 Å². The lowest BCUT2D eigenvalue weighted by molar-refractivity contribution is 0.0989. The molecule has 3 aromatic carbocycles. The highest BCUT2D eigenvalue weighted by Gasteiger charge is 2.26. The van der Waals surface area contributed by atoms with Crippen molar-refractivity contribution in [1.82, 2.24) is 20.2 Å². The van der Waals surface area contributed by atoms with E-state index in [0.717, 1.165) is 27.9 Å². The number of rotatable bonds is 6. The van der Waals surface area contributed by atoms with Crippen LogP contribution in [0.25, 0.3) is 5.69 Å². The maximum absolute atomic E-state index is 13.5. The Hall–Kier alpha value is -3.25. The molecule has 0 spiro atoms. The summed E-state index contributed by atoms with van der Waals surface area (Å²) >= 11 is 1.37. The molecule has 1 heterocycles. The van der Waals surface area contributed by atoms with Crippen LogP contribution in [0.4, 0.5) is 0 Å². The fourth-order valence-corrected chi connectivity index (χ4v) is 4.24. The van der Waals surface area contributed by atoms with Gasteiger partial charge in [0, 0.05) is 5.56 Å². The lowest BCUT2D eigenvalue weighted by Gasteiger charge is -2.16. The van der Waals surface area contributed by atoms with Crippen LogP contribution in [0.1, 0.15) is 37.9 Å². The van der Waals surface area contributed by atoms with Gasteiger partial charge >= 0.3 is 0 Å². The first kappa shape index (κ1) is 20.0. The first-order valence-electron chi connectivity index (χ1n) is 9.71. The molecule has 1 aromatic heterocycles. The summed E-state index contributed by atoms with van der Waals surface area (Å²) in [6.07, 6.45) is 0. The van der Waals surface area contributed by atoms with E-state index in [-0.39, 0.29) is 5.78 Å². The zero-order chi connectivity index (χ0) is 21.1. The van der Waals surface area contributed by atoms with E-state index in [9.17, 15) is 4.79 Å². The third kappa shape index (κ3) is 4.33. The smallest absolute Gasteiger partial charge is 0.215 e. The van der Waals surface area contributed by atoms with Crippen molar-refractivity contribution < 1.29 is 4.79 Å². The highest BCUT2D eigenvalue weighted by Crippen LogP contribution is 2.37. The van der Waals surface area contributed by atoms with E-state index in [1.165, 1.54) is 11.8 Å². The van der Waals surface area contributed by atoms with Crippen molar-refractivity contribution >= 4 is 17.5 Å². The lowest BCUT2D eigenvalue weighted by atomic mass is 10.0. The van der Waals surface area contributed by atoms with Gasteiger partial charge in [0.25, 0.3) is 0 Å². The Morgan fingerprint density at radius 1 is 0.867 bits per heavy atom. The molecular weight excluding hydrogens is 392 g/mol.